The quantitative estimate of drug-likeness (QED) is 0.827. The van der Waals surface area contributed by atoms with Gasteiger partial charge in [0.2, 0.25) is 5.91 Å². The molecule has 0 aliphatic heterocycles. The summed E-state index contributed by atoms with van der Waals surface area (Å²) in [6, 6.07) is 5.55. The van der Waals surface area contributed by atoms with Crippen LogP contribution in [0.5, 0.6) is 0 Å². The summed E-state index contributed by atoms with van der Waals surface area (Å²) in [6.45, 7) is 0. The zero-order valence-corrected chi connectivity index (χ0v) is 12.8. The minimum atomic E-state index is -0.0774. The molecule has 0 fully saturated rings. The Morgan fingerprint density at radius 1 is 1.25 bits per heavy atom. The molecule has 1 aromatic carbocycles. The van der Waals surface area contributed by atoms with Gasteiger partial charge in [0.15, 0.2) is 0 Å². The van der Waals surface area contributed by atoms with Gasteiger partial charge in [-0.05, 0) is 17.7 Å². The number of carbonyl (C=O) groups is 1. The standard InChI is InChI=1S/C12H12Cl2N4OS/c13-10-2-1-9(5-11(10)14)6-20-4-3-12(19)17-18-7-15-16-8-18/h1-2,5,7-8H,3-4,6H2,(H,17,19). The molecule has 1 N–H and O–H groups in total. The average Bonchev–Trinajstić information content (AvgIpc) is 2.91. The Morgan fingerprint density at radius 3 is 2.70 bits per heavy atom. The second-order valence-corrected chi connectivity index (χ2v) is 5.87. The molecular formula is C12H12Cl2N4OS. The SMILES string of the molecule is O=C(CCSCc1ccc(Cl)c(Cl)c1)Nn1cnnc1. The van der Waals surface area contributed by atoms with Crippen LogP contribution in [0.25, 0.3) is 0 Å². The number of nitrogens with zero attached hydrogens (tertiary/aromatic N) is 3. The van der Waals surface area contributed by atoms with Crippen molar-refractivity contribution in [2.24, 2.45) is 0 Å². The first-order valence-electron chi connectivity index (χ1n) is 5.81. The highest BCUT2D eigenvalue weighted by Crippen LogP contribution is 2.24. The predicted octanol–water partition coefficient (Wildman–Crippen LogP) is 2.98. The highest BCUT2D eigenvalue weighted by atomic mass is 35.5. The molecule has 20 heavy (non-hydrogen) atoms. The monoisotopic (exact) mass is 330 g/mol. The highest BCUT2D eigenvalue weighted by Gasteiger charge is 2.03. The third-order valence-electron chi connectivity index (χ3n) is 2.40. The van der Waals surface area contributed by atoms with Crippen LogP contribution >= 0.6 is 35.0 Å². The van der Waals surface area contributed by atoms with Crippen LogP contribution in [0.4, 0.5) is 0 Å². The molecule has 0 radical (unpaired) electrons. The van der Waals surface area contributed by atoms with Gasteiger partial charge >= 0.3 is 0 Å². The van der Waals surface area contributed by atoms with Crippen molar-refractivity contribution in [1.29, 1.82) is 0 Å². The van der Waals surface area contributed by atoms with E-state index in [2.05, 4.69) is 15.6 Å². The number of hydrogen-bond donors (Lipinski definition) is 1. The first-order chi connectivity index (χ1) is 9.65. The Balaban J connectivity index is 1.68. The third kappa shape index (κ3) is 4.70. The van der Waals surface area contributed by atoms with Crippen LogP contribution in [0.2, 0.25) is 10.0 Å². The lowest BCUT2D eigenvalue weighted by molar-refractivity contribution is -0.116. The second-order valence-electron chi connectivity index (χ2n) is 3.96. The molecule has 0 aliphatic carbocycles. The number of thioether (sulfide) groups is 1. The first-order valence-corrected chi connectivity index (χ1v) is 7.72. The lowest BCUT2D eigenvalue weighted by atomic mass is 10.2. The fourth-order valence-corrected chi connectivity index (χ4v) is 2.65. The zero-order chi connectivity index (χ0) is 14.4. The van der Waals surface area contributed by atoms with Crippen molar-refractivity contribution in [3.63, 3.8) is 0 Å². The summed E-state index contributed by atoms with van der Waals surface area (Å²) in [5.74, 6) is 1.43. The van der Waals surface area contributed by atoms with Crippen LogP contribution in [0.1, 0.15) is 12.0 Å². The smallest absolute Gasteiger partial charge is 0.239 e. The molecule has 5 nitrogen and oxygen atoms in total. The summed E-state index contributed by atoms with van der Waals surface area (Å²) in [6.07, 6.45) is 3.28. The molecule has 0 bridgehead atoms. The molecule has 2 aromatic rings. The number of halogens is 2. The summed E-state index contributed by atoms with van der Waals surface area (Å²) in [7, 11) is 0. The van der Waals surface area contributed by atoms with Crippen LogP contribution in [-0.2, 0) is 10.5 Å². The molecule has 0 spiro atoms. The molecule has 8 heteroatoms. The van der Waals surface area contributed by atoms with Crippen molar-refractivity contribution in [3.8, 4) is 0 Å². The molecule has 0 saturated heterocycles. The van der Waals surface area contributed by atoms with E-state index in [1.807, 2.05) is 12.1 Å². The van der Waals surface area contributed by atoms with E-state index in [9.17, 15) is 4.79 Å². The number of nitrogens with one attached hydrogen (secondary N) is 1. The van der Waals surface area contributed by atoms with E-state index in [1.165, 1.54) is 17.3 Å². The number of benzene rings is 1. The van der Waals surface area contributed by atoms with Gasteiger partial charge < -0.3 is 0 Å². The Labute approximate surface area is 130 Å². The second kappa shape index (κ2) is 7.52. The predicted molar refractivity (Wildman–Crippen MR) is 81.6 cm³/mol. The molecule has 2 rings (SSSR count). The fourth-order valence-electron chi connectivity index (χ4n) is 1.44. The molecule has 0 aliphatic rings. The molecule has 0 unspecified atom stereocenters. The Morgan fingerprint density at radius 2 is 2.00 bits per heavy atom. The normalized spacial score (nSPS) is 10.5. The van der Waals surface area contributed by atoms with Gasteiger partial charge in [-0.1, -0.05) is 29.3 Å². The van der Waals surface area contributed by atoms with E-state index in [0.717, 1.165) is 11.3 Å². The highest BCUT2D eigenvalue weighted by molar-refractivity contribution is 7.98. The van der Waals surface area contributed by atoms with Gasteiger partial charge in [-0.3, -0.25) is 10.2 Å². The third-order valence-corrected chi connectivity index (χ3v) is 4.17. The number of carbonyl (C=O) groups excluding carboxylic acids is 1. The summed E-state index contributed by atoms with van der Waals surface area (Å²) in [4.78, 5) is 11.6. The summed E-state index contributed by atoms with van der Waals surface area (Å²) in [5, 5.41) is 8.29. The van der Waals surface area contributed by atoms with E-state index in [0.29, 0.717) is 22.2 Å². The van der Waals surface area contributed by atoms with Gasteiger partial charge in [-0.2, -0.15) is 11.8 Å². The molecule has 0 atom stereocenters. The minimum absolute atomic E-state index is 0.0774. The number of rotatable bonds is 6. The molecule has 1 amide bonds. The van der Waals surface area contributed by atoms with Crippen LogP contribution in [-0.4, -0.2) is 26.5 Å². The van der Waals surface area contributed by atoms with Gasteiger partial charge in [0.25, 0.3) is 0 Å². The summed E-state index contributed by atoms with van der Waals surface area (Å²) >= 11 is 13.4. The van der Waals surface area contributed by atoms with Crippen LogP contribution in [0.15, 0.2) is 30.9 Å². The molecule has 0 saturated carbocycles. The van der Waals surface area contributed by atoms with Gasteiger partial charge in [0.05, 0.1) is 10.0 Å². The van der Waals surface area contributed by atoms with Crippen LogP contribution < -0.4 is 5.43 Å². The number of hydrogen-bond acceptors (Lipinski definition) is 4. The van der Waals surface area contributed by atoms with E-state index < -0.39 is 0 Å². The van der Waals surface area contributed by atoms with E-state index in [-0.39, 0.29) is 5.91 Å². The summed E-state index contributed by atoms with van der Waals surface area (Å²) < 4.78 is 1.42. The van der Waals surface area contributed by atoms with Crippen molar-refractivity contribution in [2.45, 2.75) is 12.2 Å². The largest absolute Gasteiger partial charge is 0.273 e. The average molecular weight is 331 g/mol. The Hall–Kier alpha value is -1.24. The molecule has 1 aromatic heterocycles. The van der Waals surface area contributed by atoms with Crippen molar-refractivity contribution in [2.75, 3.05) is 11.2 Å². The van der Waals surface area contributed by atoms with Crippen molar-refractivity contribution >= 4 is 40.9 Å². The van der Waals surface area contributed by atoms with Crippen LogP contribution in [0.3, 0.4) is 0 Å². The zero-order valence-electron chi connectivity index (χ0n) is 10.4. The van der Waals surface area contributed by atoms with Crippen LogP contribution in [0, 0.1) is 0 Å². The van der Waals surface area contributed by atoms with Crippen molar-refractivity contribution < 1.29 is 4.79 Å². The minimum Gasteiger partial charge on any atom is -0.273 e. The Kier molecular flexibility index (Phi) is 5.70. The summed E-state index contributed by atoms with van der Waals surface area (Å²) in [5.41, 5.74) is 3.72. The molecular weight excluding hydrogens is 319 g/mol. The van der Waals surface area contributed by atoms with Crippen molar-refractivity contribution in [1.82, 2.24) is 14.9 Å². The van der Waals surface area contributed by atoms with Gasteiger partial charge in [-0.25, -0.2) is 4.68 Å². The lowest BCUT2D eigenvalue weighted by Crippen LogP contribution is -2.21. The maximum atomic E-state index is 11.6. The molecule has 106 valence electrons. The van der Waals surface area contributed by atoms with E-state index >= 15 is 0 Å². The maximum absolute atomic E-state index is 11.6. The van der Waals surface area contributed by atoms with Crippen molar-refractivity contribution in [3.05, 3.63) is 46.5 Å². The lowest BCUT2D eigenvalue weighted by Gasteiger charge is -2.05. The maximum Gasteiger partial charge on any atom is 0.239 e. The van der Waals surface area contributed by atoms with E-state index in [1.54, 1.807) is 17.8 Å². The van der Waals surface area contributed by atoms with Gasteiger partial charge in [-0.15, -0.1) is 10.2 Å². The topological polar surface area (TPSA) is 59.8 Å². The van der Waals surface area contributed by atoms with E-state index in [4.69, 9.17) is 23.2 Å². The Bertz CT molecular complexity index is 577. The number of aromatic nitrogens is 3. The fraction of sp³-hybridized carbons (Fsp3) is 0.250. The first kappa shape index (κ1) is 15.2. The van der Waals surface area contributed by atoms with Gasteiger partial charge in [0, 0.05) is 17.9 Å². The number of amides is 1. The van der Waals surface area contributed by atoms with Gasteiger partial charge in [0.1, 0.15) is 12.7 Å². The molecule has 1 heterocycles.